The van der Waals surface area contributed by atoms with E-state index < -0.39 is 6.10 Å². The zero-order valence-corrected chi connectivity index (χ0v) is 14.9. The first-order valence-electron chi connectivity index (χ1n) is 7.52. The fourth-order valence-corrected chi connectivity index (χ4v) is 2.48. The highest BCUT2D eigenvalue weighted by Crippen LogP contribution is 2.27. The molecule has 1 aromatic carbocycles. The lowest BCUT2D eigenvalue weighted by Gasteiger charge is -2.16. The van der Waals surface area contributed by atoms with Gasteiger partial charge in [-0.25, -0.2) is 0 Å². The van der Waals surface area contributed by atoms with Crippen molar-refractivity contribution in [3.8, 4) is 5.75 Å². The number of benzene rings is 1. The fourth-order valence-electron chi connectivity index (χ4n) is 2.48. The standard InChI is InChI=1S/C16H23N3O4.ClH/c1-19(2)16(21)10-4-6-13(22-3)12(8-10)18-15(20)14-7-5-11(9-17)23-14;/h4,6,8,11,14H,5,7,9,17H2,1-3H3,(H,18,20);1H/t11-,14+;/m1./s1. The van der Waals surface area contributed by atoms with Crippen LogP contribution in [-0.4, -0.2) is 56.7 Å². The summed E-state index contributed by atoms with van der Waals surface area (Å²) in [5.41, 5.74) is 6.48. The van der Waals surface area contributed by atoms with Gasteiger partial charge in [0.25, 0.3) is 11.8 Å². The summed E-state index contributed by atoms with van der Waals surface area (Å²) >= 11 is 0. The number of hydrogen-bond acceptors (Lipinski definition) is 5. The Morgan fingerprint density at radius 2 is 2.08 bits per heavy atom. The number of nitrogens with zero attached hydrogens (tertiary/aromatic N) is 1. The largest absolute Gasteiger partial charge is 0.495 e. The topological polar surface area (TPSA) is 93.9 Å². The maximum atomic E-state index is 12.3. The number of methoxy groups -OCH3 is 1. The third-order valence-electron chi connectivity index (χ3n) is 3.77. The van der Waals surface area contributed by atoms with E-state index in [9.17, 15) is 9.59 Å². The number of halogens is 1. The van der Waals surface area contributed by atoms with Crippen molar-refractivity contribution in [3.63, 3.8) is 0 Å². The van der Waals surface area contributed by atoms with E-state index in [0.29, 0.717) is 30.0 Å². The number of hydrogen-bond donors (Lipinski definition) is 2. The predicted octanol–water partition coefficient (Wildman–Crippen LogP) is 1.26. The highest BCUT2D eigenvalue weighted by molar-refractivity contribution is 5.99. The number of nitrogens with one attached hydrogen (secondary N) is 1. The second-order valence-corrected chi connectivity index (χ2v) is 5.66. The molecule has 0 aliphatic carbocycles. The van der Waals surface area contributed by atoms with Crippen LogP contribution in [0.15, 0.2) is 18.2 Å². The number of carbonyl (C=O) groups is 2. The van der Waals surface area contributed by atoms with Crippen LogP contribution in [0, 0.1) is 0 Å². The molecule has 1 heterocycles. The smallest absolute Gasteiger partial charge is 0.253 e. The third kappa shape index (κ3) is 4.59. The average Bonchev–Trinajstić information content (AvgIpc) is 3.03. The Kier molecular flexibility index (Phi) is 7.47. The van der Waals surface area contributed by atoms with Crippen LogP contribution in [0.4, 0.5) is 5.69 Å². The van der Waals surface area contributed by atoms with Gasteiger partial charge in [0.1, 0.15) is 11.9 Å². The molecular formula is C16H24ClN3O4. The van der Waals surface area contributed by atoms with Crippen molar-refractivity contribution in [2.45, 2.75) is 25.0 Å². The van der Waals surface area contributed by atoms with E-state index in [1.54, 1.807) is 32.3 Å². The highest BCUT2D eigenvalue weighted by Gasteiger charge is 2.30. The van der Waals surface area contributed by atoms with Gasteiger partial charge >= 0.3 is 0 Å². The van der Waals surface area contributed by atoms with Crippen molar-refractivity contribution < 1.29 is 19.1 Å². The number of ether oxygens (including phenoxy) is 2. The Morgan fingerprint density at radius 1 is 1.38 bits per heavy atom. The highest BCUT2D eigenvalue weighted by atomic mass is 35.5. The zero-order valence-electron chi connectivity index (χ0n) is 14.1. The van der Waals surface area contributed by atoms with Crippen molar-refractivity contribution in [1.82, 2.24) is 4.90 Å². The van der Waals surface area contributed by atoms with Gasteiger partial charge in [-0.3, -0.25) is 9.59 Å². The quantitative estimate of drug-likeness (QED) is 0.827. The first kappa shape index (κ1) is 20.2. The van der Waals surface area contributed by atoms with Gasteiger partial charge in [-0.1, -0.05) is 0 Å². The van der Waals surface area contributed by atoms with Gasteiger partial charge in [-0.2, -0.15) is 0 Å². The van der Waals surface area contributed by atoms with Crippen LogP contribution in [0.3, 0.4) is 0 Å². The van der Waals surface area contributed by atoms with E-state index in [-0.39, 0.29) is 30.3 Å². The van der Waals surface area contributed by atoms with Crippen LogP contribution < -0.4 is 15.8 Å². The molecule has 0 radical (unpaired) electrons. The molecule has 0 spiro atoms. The van der Waals surface area contributed by atoms with E-state index >= 15 is 0 Å². The van der Waals surface area contributed by atoms with E-state index in [4.69, 9.17) is 15.2 Å². The minimum atomic E-state index is -0.526. The minimum absolute atomic E-state index is 0. The Balaban J connectivity index is 0.00000288. The normalized spacial score (nSPS) is 19.3. The molecule has 8 heteroatoms. The van der Waals surface area contributed by atoms with E-state index in [1.165, 1.54) is 12.0 Å². The summed E-state index contributed by atoms with van der Waals surface area (Å²) in [4.78, 5) is 25.9. The summed E-state index contributed by atoms with van der Waals surface area (Å²) in [6.45, 7) is 0.403. The molecule has 24 heavy (non-hydrogen) atoms. The minimum Gasteiger partial charge on any atom is -0.495 e. The molecule has 1 aromatic rings. The summed E-state index contributed by atoms with van der Waals surface area (Å²) in [7, 11) is 4.85. The van der Waals surface area contributed by atoms with Crippen LogP contribution in [0.25, 0.3) is 0 Å². The number of rotatable bonds is 5. The molecular weight excluding hydrogens is 334 g/mol. The molecule has 0 bridgehead atoms. The number of nitrogens with two attached hydrogens (primary N) is 1. The number of carbonyl (C=O) groups excluding carboxylic acids is 2. The van der Waals surface area contributed by atoms with Crippen molar-refractivity contribution >= 4 is 29.9 Å². The Labute approximate surface area is 147 Å². The van der Waals surface area contributed by atoms with E-state index in [2.05, 4.69) is 5.32 Å². The van der Waals surface area contributed by atoms with Gasteiger partial charge in [0.15, 0.2) is 0 Å². The molecule has 2 atom stereocenters. The summed E-state index contributed by atoms with van der Waals surface area (Å²) in [5, 5.41) is 2.78. The molecule has 7 nitrogen and oxygen atoms in total. The molecule has 0 saturated carbocycles. The number of anilines is 1. The Morgan fingerprint density at radius 3 is 2.62 bits per heavy atom. The summed E-state index contributed by atoms with van der Waals surface area (Å²) in [6.07, 6.45) is 0.799. The molecule has 1 aliphatic heterocycles. The summed E-state index contributed by atoms with van der Waals surface area (Å²) < 4.78 is 10.8. The third-order valence-corrected chi connectivity index (χ3v) is 3.77. The number of amides is 2. The average molecular weight is 358 g/mol. The van der Waals surface area contributed by atoms with Crippen molar-refractivity contribution in [2.24, 2.45) is 5.73 Å². The molecule has 3 N–H and O–H groups in total. The van der Waals surface area contributed by atoms with Crippen LogP contribution in [0.5, 0.6) is 5.75 Å². The van der Waals surface area contributed by atoms with Gasteiger partial charge in [0.2, 0.25) is 0 Å². The maximum Gasteiger partial charge on any atom is 0.253 e. The van der Waals surface area contributed by atoms with Gasteiger partial charge < -0.3 is 25.4 Å². The van der Waals surface area contributed by atoms with Crippen molar-refractivity contribution in [1.29, 1.82) is 0 Å². The van der Waals surface area contributed by atoms with E-state index in [0.717, 1.165) is 6.42 Å². The molecule has 1 aliphatic rings. The summed E-state index contributed by atoms with van der Waals surface area (Å²) in [5.74, 6) is 0.0826. The molecule has 134 valence electrons. The lowest BCUT2D eigenvalue weighted by Crippen LogP contribution is -2.30. The van der Waals surface area contributed by atoms with Gasteiger partial charge in [0.05, 0.1) is 18.9 Å². The van der Waals surface area contributed by atoms with Crippen LogP contribution in [0.1, 0.15) is 23.2 Å². The van der Waals surface area contributed by atoms with Crippen molar-refractivity contribution in [3.05, 3.63) is 23.8 Å². The van der Waals surface area contributed by atoms with E-state index in [1.807, 2.05) is 0 Å². The second kappa shape index (κ2) is 8.86. The molecule has 1 saturated heterocycles. The van der Waals surface area contributed by atoms with Gasteiger partial charge in [-0.05, 0) is 31.0 Å². The first-order valence-corrected chi connectivity index (χ1v) is 7.52. The van der Waals surface area contributed by atoms with Gasteiger partial charge in [0, 0.05) is 26.2 Å². The van der Waals surface area contributed by atoms with Crippen LogP contribution in [-0.2, 0) is 9.53 Å². The van der Waals surface area contributed by atoms with Crippen molar-refractivity contribution in [2.75, 3.05) is 33.1 Å². The Bertz CT molecular complexity index is 595. The predicted molar refractivity (Wildman–Crippen MR) is 93.8 cm³/mol. The van der Waals surface area contributed by atoms with Crippen LogP contribution >= 0.6 is 12.4 Å². The Hall–Kier alpha value is -1.83. The lowest BCUT2D eigenvalue weighted by molar-refractivity contribution is -0.126. The molecule has 2 rings (SSSR count). The molecule has 2 amide bonds. The lowest BCUT2D eigenvalue weighted by atomic mass is 10.1. The van der Waals surface area contributed by atoms with Crippen LogP contribution in [0.2, 0.25) is 0 Å². The first-order chi connectivity index (χ1) is 11.0. The SMILES string of the molecule is COc1ccc(C(=O)N(C)C)cc1NC(=O)[C@@H]1CC[C@H](CN)O1.Cl. The maximum absolute atomic E-state index is 12.3. The monoisotopic (exact) mass is 357 g/mol. The summed E-state index contributed by atoms with van der Waals surface area (Å²) in [6, 6.07) is 4.92. The molecule has 0 unspecified atom stereocenters. The van der Waals surface area contributed by atoms with Gasteiger partial charge in [-0.15, -0.1) is 12.4 Å². The molecule has 1 fully saturated rings. The zero-order chi connectivity index (χ0) is 17.0. The molecule has 0 aromatic heterocycles. The second-order valence-electron chi connectivity index (χ2n) is 5.66. The fraction of sp³-hybridized carbons (Fsp3) is 0.500.